The molecule has 1 aliphatic rings. The molecule has 1 atom stereocenters. The molecule has 3 aromatic carbocycles. The van der Waals surface area contributed by atoms with Crippen LogP contribution in [-0.4, -0.2) is 30.2 Å². The molecule has 174 valence electrons. The molecule has 34 heavy (non-hydrogen) atoms. The summed E-state index contributed by atoms with van der Waals surface area (Å²) in [6.07, 6.45) is -1.10. The van der Waals surface area contributed by atoms with Crippen LogP contribution in [0.3, 0.4) is 0 Å². The zero-order chi connectivity index (χ0) is 24.3. The van der Waals surface area contributed by atoms with Gasteiger partial charge in [-0.15, -0.1) is 0 Å². The van der Waals surface area contributed by atoms with Gasteiger partial charge in [0.05, 0.1) is 16.8 Å². The Morgan fingerprint density at radius 2 is 1.32 bits per heavy atom. The van der Waals surface area contributed by atoms with Crippen molar-refractivity contribution in [1.29, 1.82) is 0 Å². The largest absolute Gasteiger partial charge is 0.494 e. The fourth-order valence-corrected chi connectivity index (χ4v) is 3.56. The van der Waals surface area contributed by atoms with Crippen molar-refractivity contribution in [3.05, 3.63) is 96.1 Å². The molecule has 1 amide bonds. The molecule has 3 aromatic rings. The maximum absolute atomic E-state index is 13.2. The van der Waals surface area contributed by atoms with Crippen LogP contribution >= 0.6 is 0 Å². The predicted octanol–water partition coefficient (Wildman–Crippen LogP) is 4.52. The Bertz CT molecular complexity index is 1130. The average Bonchev–Trinajstić information content (AvgIpc) is 3.05. The molecule has 0 aliphatic carbocycles. The topological polar surface area (TPSA) is 73.9 Å². The summed E-state index contributed by atoms with van der Waals surface area (Å²) < 4.78 is 17.8. The first-order valence-electron chi connectivity index (χ1n) is 11.2. The number of carbonyl (C=O) groups is 2. The van der Waals surface area contributed by atoms with Crippen molar-refractivity contribution in [1.82, 2.24) is 0 Å². The van der Waals surface area contributed by atoms with Gasteiger partial charge in [0.15, 0.2) is 0 Å². The Balaban J connectivity index is 1.49. The molecule has 0 aromatic heterocycles. The highest BCUT2D eigenvalue weighted by Crippen LogP contribution is 2.36. The summed E-state index contributed by atoms with van der Waals surface area (Å²) in [5.41, 5.74) is 1.52. The second-order valence-electron chi connectivity index (χ2n) is 9.26. The summed E-state index contributed by atoms with van der Waals surface area (Å²) in [5.74, 6) is -1.01. The van der Waals surface area contributed by atoms with Crippen molar-refractivity contribution in [2.45, 2.75) is 45.0 Å². The lowest BCUT2D eigenvalue weighted by atomic mass is 9.79. The zero-order valence-electron chi connectivity index (χ0n) is 19.8. The average molecular weight is 457 g/mol. The van der Waals surface area contributed by atoms with E-state index in [9.17, 15) is 9.59 Å². The van der Waals surface area contributed by atoms with Crippen LogP contribution in [0.1, 0.15) is 49.7 Å². The second kappa shape index (κ2) is 9.45. The van der Waals surface area contributed by atoms with Crippen LogP contribution in [0.25, 0.3) is 0 Å². The number of hydrogen-bond donors (Lipinski definition) is 1. The van der Waals surface area contributed by atoms with Crippen LogP contribution in [0.5, 0.6) is 0 Å². The third-order valence-electron chi connectivity index (χ3n) is 6.28. The van der Waals surface area contributed by atoms with E-state index in [1.165, 1.54) is 0 Å². The quantitative estimate of drug-likeness (QED) is 0.435. The Labute approximate surface area is 200 Å². The van der Waals surface area contributed by atoms with Crippen molar-refractivity contribution in [3.63, 3.8) is 0 Å². The fraction of sp³-hybridized carbons (Fsp3) is 0.259. The van der Waals surface area contributed by atoms with E-state index in [0.717, 1.165) is 5.46 Å². The lowest BCUT2D eigenvalue weighted by Crippen LogP contribution is -2.41. The summed E-state index contributed by atoms with van der Waals surface area (Å²) in [7, 11) is -0.487. The van der Waals surface area contributed by atoms with Crippen LogP contribution in [-0.2, 0) is 18.8 Å². The van der Waals surface area contributed by atoms with E-state index >= 15 is 0 Å². The van der Waals surface area contributed by atoms with Crippen LogP contribution in [0, 0.1) is 0 Å². The van der Waals surface area contributed by atoms with E-state index in [-0.39, 0.29) is 0 Å². The van der Waals surface area contributed by atoms with E-state index in [1.54, 1.807) is 60.7 Å². The number of amides is 1. The summed E-state index contributed by atoms with van der Waals surface area (Å²) in [6, 6.07) is 24.8. The van der Waals surface area contributed by atoms with E-state index in [4.69, 9.17) is 14.0 Å². The Morgan fingerprint density at radius 1 is 0.794 bits per heavy atom. The van der Waals surface area contributed by atoms with Crippen molar-refractivity contribution >= 4 is 30.1 Å². The zero-order valence-corrected chi connectivity index (χ0v) is 19.8. The molecule has 0 bridgehead atoms. The van der Waals surface area contributed by atoms with Gasteiger partial charge in [0, 0.05) is 11.3 Å². The Kier molecular flexibility index (Phi) is 6.59. The fourth-order valence-electron chi connectivity index (χ4n) is 3.56. The first-order chi connectivity index (χ1) is 16.2. The highest BCUT2D eigenvalue weighted by Gasteiger charge is 2.51. The molecule has 6 nitrogen and oxygen atoms in total. The second-order valence-corrected chi connectivity index (χ2v) is 9.26. The maximum Gasteiger partial charge on any atom is 0.494 e. The Morgan fingerprint density at radius 3 is 1.88 bits per heavy atom. The number of nitrogens with one attached hydrogen (secondary N) is 1. The molecule has 1 saturated heterocycles. The summed E-state index contributed by atoms with van der Waals surface area (Å²) in [6.45, 7) is 8.01. The van der Waals surface area contributed by atoms with Gasteiger partial charge in [-0.1, -0.05) is 60.7 Å². The number of rotatable bonds is 6. The first kappa shape index (κ1) is 23.7. The summed E-state index contributed by atoms with van der Waals surface area (Å²) >= 11 is 0. The Hall–Kier alpha value is -3.42. The van der Waals surface area contributed by atoms with Gasteiger partial charge < -0.3 is 19.4 Å². The number of benzene rings is 3. The monoisotopic (exact) mass is 457 g/mol. The molecule has 1 aliphatic heterocycles. The van der Waals surface area contributed by atoms with Gasteiger partial charge >= 0.3 is 13.1 Å². The van der Waals surface area contributed by atoms with Crippen molar-refractivity contribution in [2.75, 3.05) is 5.32 Å². The maximum atomic E-state index is 13.2. The van der Waals surface area contributed by atoms with Crippen LogP contribution < -0.4 is 10.8 Å². The number of esters is 1. The SMILES string of the molecule is CC1(C)OB(c2ccc(NC(=O)C(OC(=O)c3ccccc3)c3ccccc3)cc2)OC1(C)C. The first-order valence-corrected chi connectivity index (χ1v) is 11.2. The van der Waals surface area contributed by atoms with Crippen molar-refractivity contribution < 1.29 is 23.6 Å². The molecule has 1 N–H and O–H groups in total. The number of hydrogen-bond acceptors (Lipinski definition) is 5. The third kappa shape index (κ3) is 5.06. The molecular formula is C27H28BNO5. The number of anilines is 1. The lowest BCUT2D eigenvalue weighted by molar-refractivity contribution is -0.125. The standard InChI is InChI=1S/C27H28BNO5/c1-26(2)27(3,4)34-28(33-26)21-15-17-22(18-16-21)29-24(30)23(19-11-7-5-8-12-19)32-25(31)20-13-9-6-10-14-20/h5-18,23H,1-4H3,(H,29,30). The minimum Gasteiger partial charge on any atom is -0.444 e. The van der Waals surface area contributed by atoms with E-state index in [0.29, 0.717) is 16.8 Å². The van der Waals surface area contributed by atoms with Crippen LogP contribution in [0.4, 0.5) is 5.69 Å². The van der Waals surface area contributed by atoms with Gasteiger partial charge in [0.1, 0.15) is 0 Å². The van der Waals surface area contributed by atoms with Crippen LogP contribution in [0.2, 0.25) is 0 Å². The molecule has 0 radical (unpaired) electrons. The minimum atomic E-state index is -1.10. The highest BCUT2D eigenvalue weighted by atomic mass is 16.7. The van der Waals surface area contributed by atoms with E-state index in [1.807, 2.05) is 52.0 Å². The molecule has 0 spiro atoms. The number of carbonyl (C=O) groups excluding carboxylic acids is 2. The van der Waals surface area contributed by atoms with Gasteiger partial charge in [-0.2, -0.15) is 0 Å². The predicted molar refractivity (Wildman–Crippen MR) is 132 cm³/mol. The molecular weight excluding hydrogens is 429 g/mol. The minimum absolute atomic E-state index is 0.378. The van der Waals surface area contributed by atoms with Crippen LogP contribution in [0.15, 0.2) is 84.9 Å². The van der Waals surface area contributed by atoms with E-state index in [2.05, 4.69) is 5.32 Å². The van der Waals surface area contributed by atoms with Gasteiger partial charge in [0.25, 0.3) is 5.91 Å². The molecule has 1 heterocycles. The molecule has 1 unspecified atom stereocenters. The van der Waals surface area contributed by atoms with Crippen molar-refractivity contribution in [3.8, 4) is 0 Å². The van der Waals surface area contributed by atoms with Gasteiger partial charge in [-0.05, 0) is 57.4 Å². The third-order valence-corrected chi connectivity index (χ3v) is 6.28. The molecule has 0 saturated carbocycles. The molecule has 7 heteroatoms. The smallest absolute Gasteiger partial charge is 0.444 e. The van der Waals surface area contributed by atoms with Gasteiger partial charge in [-0.25, -0.2) is 4.79 Å². The summed E-state index contributed by atoms with van der Waals surface area (Å²) in [4.78, 5) is 25.8. The number of ether oxygens (including phenoxy) is 1. The van der Waals surface area contributed by atoms with Gasteiger partial charge in [0.2, 0.25) is 6.10 Å². The normalized spacial score (nSPS) is 17.1. The highest BCUT2D eigenvalue weighted by molar-refractivity contribution is 6.62. The van der Waals surface area contributed by atoms with Gasteiger partial charge in [-0.3, -0.25) is 4.79 Å². The molecule has 4 rings (SSSR count). The van der Waals surface area contributed by atoms with Crippen molar-refractivity contribution in [2.24, 2.45) is 0 Å². The van der Waals surface area contributed by atoms with E-state index < -0.39 is 36.3 Å². The lowest BCUT2D eigenvalue weighted by Gasteiger charge is -2.32. The molecule has 1 fully saturated rings. The summed E-state index contributed by atoms with van der Waals surface area (Å²) in [5, 5.41) is 2.85.